The Morgan fingerprint density at radius 1 is 1.25 bits per heavy atom. The Morgan fingerprint density at radius 2 is 1.90 bits per heavy atom. The van der Waals surface area contributed by atoms with E-state index < -0.39 is 0 Å². The zero-order valence-electron chi connectivity index (χ0n) is 13.6. The van der Waals surface area contributed by atoms with Gasteiger partial charge in [-0.05, 0) is 45.8 Å². The summed E-state index contributed by atoms with van der Waals surface area (Å²) in [4.78, 5) is 15.1. The van der Waals surface area contributed by atoms with E-state index in [1.54, 1.807) is 0 Å². The van der Waals surface area contributed by atoms with Gasteiger partial charge in [0.1, 0.15) is 0 Å². The van der Waals surface area contributed by atoms with Crippen molar-refractivity contribution in [3.8, 4) is 0 Å². The van der Waals surface area contributed by atoms with E-state index in [1.807, 2.05) is 0 Å². The standard InChI is InChI=1S/C16H31N3O/c1-13(2)16(9-10-17-12-16)14(20)18-11-15(19(3)4)7-5-6-8-15/h13,17H,5-12H2,1-4H3,(H,18,20). The third kappa shape index (κ3) is 2.73. The highest BCUT2D eigenvalue weighted by atomic mass is 16.2. The molecule has 0 bridgehead atoms. The maximum Gasteiger partial charge on any atom is 0.227 e. The highest BCUT2D eigenvalue weighted by molar-refractivity contribution is 5.83. The highest BCUT2D eigenvalue weighted by Crippen LogP contribution is 2.36. The molecule has 1 aliphatic heterocycles. The van der Waals surface area contributed by atoms with Crippen LogP contribution in [0.15, 0.2) is 0 Å². The molecule has 0 aromatic heterocycles. The van der Waals surface area contributed by atoms with E-state index >= 15 is 0 Å². The predicted octanol–water partition coefficient (Wildman–Crippen LogP) is 1.61. The Balaban J connectivity index is 2.00. The maximum atomic E-state index is 12.8. The van der Waals surface area contributed by atoms with Gasteiger partial charge in [0.25, 0.3) is 0 Å². The van der Waals surface area contributed by atoms with Crippen LogP contribution in [0.4, 0.5) is 0 Å². The quantitative estimate of drug-likeness (QED) is 0.805. The van der Waals surface area contributed by atoms with E-state index in [-0.39, 0.29) is 16.9 Å². The Bertz CT molecular complexity index is 340. The first-order chi connectivity index (χ1) is 9.43. The molecule has 4 nitrogen and oxygen atoms in total. The molecular formula is C16H31N3O. The molecule has 2 N–H and O–H groups in total. The van der Waals surface area contributed by atoms with Gasteiger partial charge in [-0.25, -0.2) is 0 Å². The largest absolute Gasteiger partial charge is 0.354 e. The van der Waals surface area contributed by atoms with Gasteiger partial charge in [0.05, 0.1) is 5.41 Å². The maximum absolute atomic E-state index is 12.8. The van der Waals surface area contributed by atoms with Crippen molar-refractivity contribution in [2.24, 2.45) is 11.3 Å². The number of hydrogen-bond donors (Lipinski definition) is 2. The lowest BCUT2D eigenvalue weighted by Crippen LogP contribution is -2.54. The molecule has 0 aromatic carbocycles. The molecule has 1 unspecified atom stereocenters. The van der Waals surface area contributed by atoms with Crippen LogP contribution in [-0.2, 0) is 4.79 Å². The van der Waals surface area contributed by atoms with Crippen molar-refractivity contribution in [3.05, 3.63) is 0 Å². The molecule has 20 heavy (non-hydrogen) atoms. The first-order valence-corrected chi connectivity index (χ1v) is 8.09. The molecule has 0 aromatic rings. The lowest BCUT2D eigenvalue weighted by Gasteiger charge is -2.38. The van der Waals surface area contributed by atoms with E-state index in [2.05, 4.69) is 43.5 Å². The van der Waals surface area contributed by atoms with Crippen LogP contribution in [0.2, 0.25) is 0 Å². The number of amides is 1. The number of carbonyl (C=O) groups is 1. The van der Waals surface area contributed by atoms with Crippen LogP contribution in [-0.4, -0.2) is 50.1 Å². The predicted molar refractivity (Wildman–Crippen MR) is 82.7 cm³/mol. The molecule has 2 fully saturated rings. The van der Waals surface area contributed by atoms with Crippen LogP contribution in [0.25, 0.3) is 0 Å². The molecule has 0 radical (unpaired) electrons. The van der Waals surface area contributed by atoms with Crippen molar-refractivity contribution in [2.75, 3.05) is 33.7 Å². The van der Waals surface area contributed by atoms with E-state index in [9.17, 15) is 4.79 Å². The molecule has 2 aliphatic rings. The summed E-state index contributed by atoms with van der Waals surface area (Å²) in [6, 6.07) is 0. The van der Waals surface area contributed by atoms with Crippen molar-refractivity contribution < 1.29 is 4.79 Å². The topological polar surface area (TPSA) is 44.4 Å². The average molecular weight is 281 g/mol. The zero-order valence-corrected chi connectivity index (χ0v) is 13.6. The molecular weight excluding hydrogens is 250 g/mol. The van der Waals surface area contributed by atoms with E-state index in [0.717, 1.165) is 26.1 Å². The molecule has 0 spiro atoms. The van der Waals surface area contributed by atoms with Gasteiger partial charge in [0.2, 0.25) is 5.91 Å². The van der Waals surface area contributed by atoms with E-state index in [0.29, 0.717) is 5.92 Å². The summed E-state index contributed by atoms with van der Waals surface area (Å²) in [5.74, 6) is 0.641. The third-order valence-corrected chi connectivity index (χ3v) is 5.81. The number of nitrogens with zero attached hydrogens (tertiary/aromatic N) is 1. The van der Waals surface area contributed by atoms with Gasteiger partial charge in [-0.2, -0.15) is 0 Å². The van der Waals surface area contributed by atoms with Crippen LogP contribution < -0.4 is 10.6 Å². The molecule has 116 valence electrons. The summed E-state index contributed by atoms with van der Waals surface area (Å²) >= 11 is 0. The van der Waals surface area contributed by atoms with Crippen molar-refractivity contribution in [2.45, 2.75) is 51.5 Å². The fourth-order valence-electron chi connectivity index (χ4n) is 3.90. The van der Waals surface area contributed by atoms with Crippen LogP contribution in [0, 0.1) is 11.3 Å². The van der Waals surface area contributed by atoms with Gasteiger partial charge in [-0.3, -0.25) is 4.79 Å². The van der Waals surface area contributed by atoms with E-state index in [4.69, 9.17) is 0 Å². The summed E-state index contributed by atoms with van der Waals surface area (Å²) in [7, 11) is 4.29. The second-order valence-corrected chi connectivity index (χ2v) is 7.25. The third-order valence-electron chi connectivity index (χ3n) is 5.81. The Morgan fingerprint density at radius 3 is 2.35 bits per heavy atom. The second-order valence-electron chi connectivity index (χ2n) is 7.25. The minimum absolute atomic E-state index is 0.180. The van der Waals surface area contributed by atoms with Crippen molar-refractivity contribution in [1.82, 2.24) is 15.5 Å². The summed E-state index contributed by atoms with van der Waals surface area (Å²) in [5.41, 5.74) is -0.0219. The van der Waals surface area contributed by atoms with Crippen LogP contribution in [0.5, 0.6) is 0 Å². The van der Waals surface area contributed by atoms with Gasteiger partial charge in [0.15, 0.2) is 0 Å². The van der Waals surface area contributed by atoms with Gasteiger partial charge < -0.3 is 15.5 Å². The van der Waals surface area contributed by atoms with Crippen molar-refractivity contribution in [1.29, 1.82) is 0 Å². The van der Waals surface area contributed by atoms with E-state index in [1.165, 1.54) is 25.7 Å². The smallest absolute Gasteiger partial charge is 0.227 e. The molecule has 1 saturated carbocycles. The normalized spacial score (nSPS) is 29.3. The highest BCUT2D eigenvalue weighted by Gasteiger charge is 2.45. The zero-order chi connectivity index (χ0) is 14.8. The first-order valence-electron chi connectivity index (χ1n) is 8.09. The van der Waals surface area contributed by atoms with Gasteiger partial charge in [-0.15, -0.1) is 0 Å². The monoisotopic (exact) mass is 281 g/mol. The molecule has 1 heterocycles. The summed E-state index contributed by atoms with van der Waals surface area (Å²) in [6.07, 6.45) is 5.93. The Labute approximate surface area is 123 Å². The fourth-order valence-corrected chi connectivity index (χ4v) is 3.90. The van der Waals surface area contributed by atoms with Crippen LogP contribution >= 0.6 is 0 Å². The number of rotatable bonds is 5. The van der Waals surface area contributed by atoms with Gasteiger partial charge >= 0.3 is 0 Å². The van der Waals surface area contributed by atoms with Crippen molar-refractivity contribution >= 4 is 5.91 Å². The molecule has 4 heteroatoms. The minimum Gasteiger partial charge on any atom is -0.354 e. The summed E-state index contributed by atoms with van der Waals surface area (Å²) < 4.78 is 0. The number of nitrogens with one attached hydrogen (secondary N) is 2. The van der Waals surface area contributed by atoms with Gasteiger partial charge in [-0.1, -0.05) is 26.7 Å². The summed E-state index contributed by atoms with van der Waals surface area (Å²) in [6.45, 7) is 6.93. The van der Waals surface area contributed by atoms with Crippen LogP contribution in [0.1, 0.15) is 46.0 Å². The second kappa shape index (κ2) is 6.02. The fraction of sp³-hybridized carbons (Fsp3) is 0.938. The first kappa shape index (κ1) is 15.8. The lowest BCUT2D eigenvalue weighted by atomic mass is 9.75. The Kier molecular flexibility index (Phi) is 4.75. The Hall–Kier alpha value is -0.610. The SMILES string of the molecule is CC(C)C1(C(=O)NCC2(N(C)C)CCCC2)CCNC1. The molecule has 1 aliphatic carbocycles. The molecule has 1 amide bonds. The van der Waals surface area contributed by atoms with Gasteiger partial charge in [0, 0.05) is 18.6 Å². The number of likely N-dealkylation sites (N-methyl/N-ethyl adjacent to an activating group) is 1. The average Bonchev–Trinajstić information content (AvgIpc) is 3.06. The van der Waals surface area contributed by atoms with Crippen molar-refractivity contribution in [3.63, 3.8) is 0 Å². The lowest BCUT2D eigenvalue weighted by molar-refractivity contribution is -0.133. The molecule has 1 atom stereocenters. The summed E-state index contributed by atoms with van der Waals surface area (Å²) in [5, 5.41) is 6.65. The number of carbonyl (C=O) groups excluding carboxylic acids is 1. The molecule has 1 saturated heterocycles. The van der Waals surface area contributed by atoms with Crippen LogP contribution in [0.3, 0.4) is 0 Å². The minimum atomic E-state index is -0.202. The molecule has 2 rings (SSSR count). The number of hydrogen-bond acceptors (Lipinski definition) is 3.